The third kappa shape index (κ3) is 0.891. The maximum absolute atomic E-state index is 8.68. The molecule has 0 radical (unpaired) electrons. The highest BCUT2D eigenvalue weighted by Crippen LogP contribution is 2.47. The lowest BCUT2D eigenvalue weighted by Gasteiger charge is -2.11. The van der Waals surface area contributed by atoms with Crippen LogP contribution in [0.2, 0.25) is 0 Å². The van der Waals surface area contributed by atoms with Crippen molar-refractivity contribution in [2.75, 3.05) is 6.61 Å². The van der Waals surface area contributed by atoms with Gasteiger partial charge >= 0.3 is 0 Å². The van der Waals surface area contributed by atoms with Crippen LogP contribution in [0.15, 0.2) is 11.6 Å². The Labute approximate surface area is 61.8 Å². The Balaban J connectivity index is 2.08. The number of rotatable bonds is 1. The molecule has 1 nitrogen and oxygen atoms in total. The SMILES string of the molecule is OCC=C1CC2CCC1C2. The fraction of sp³-hybridized carbons (Fsp3) is 0.778. The molecular weight excluding hydrogens is 124 g/mol. The van der Waals surface area contributed by atoms with Gasteiger partial charge < -0.3 is 5.11 Å². The summed E-state index contributed by atoms with van der Waals surface area (Å²) in [4.78, 5) is 0. The molecule has 2 aliphatic rings. The minimum absolute atomic E-state index is 0.249. The van der Waals surface area contributed by atoms with E-state index in [0.29, 0.717) is 0 Å². The van der Waals surface area contributed by atoms with Crippen molar-refractivity contribution in [2.24, 2.45) is 11.8 Å². The normalized spacial score (nSPS) is 41.5. The molecule has 2 aliphatic carbocycles. The summed E-state index contributed by atoms with van der Waals surface area (Å²) >= 11 is 0. The summed E-state index contributed by atoms with van der Waals surface area (Å²) in [6.07, 6.45) is 7.53. The first-order chi connectivity index (χ1) is 4.90. The van der Waals surface area contributed by atoms with Gasteiger partial charge in [0.25, 0.3) is 0 Å². The van der Waals surface area contributed by atoms with Crippen LogP contribution >= 0.6 is 0 Å². The Bertz CT molecular complexity index is 160. The Kier molecular flexibility index (Phi) is 1.53. The Morgan fingerprint density at radius 1 is 1.50 bits per heavy atom. The zero-order valence-corrected chi connectivity index (χ0v) is 6.21. The summed E-state index contributed by atoms with van der Waals surface area (Å²) in [5, 5.41) is 8.68. The Morgan fingerprint density at radius 2 is 2.40 bits per heavy atom. The zero-order valence-electron chi connectivity index (χ0n) is 6.21. The van der Waals surface area contributed by atoms with Crippen LogP contribution in [0.4, 0.5) is 0 Å². The van der Waals surface area contributed by atoms with E-state index in [0.717, 1.165) is 11.8 Å². The van der Waals surface area contributed by atoms with E-state index in [-0.39, 0.29) is 6.61 Å². The number of fused-ring (bicyclic) bond motifs is 2. The second-order valence-corrected chi connectivity index (χ2v) is 3.54. The standard InChI is InChI=1S/C9H14O/c10-4-3-9-6-7-1-2-8(9)5-7/h3,7-8,10H,1-2,4-6H2. The largest absolute Gasteiger partial charge is 0.392 e. The number of hydrogen-bond donors (Lipinski definition) is 1. The minimum Gasteiger partial charge on any atom is -0.392 e. The van der Waals surface area contributed by atoms with Crippen molar-refractivity contribution in [3.05, 3.63) is 11.6 Å². The predicted octanol–water partition coefficient (Wildman–Crippen LogP) is 1.73. The molecule has 0 amide bonds. The molecule has 1 heteroatoms. The van der Waals surface area contributed by atoms with E-state index < -0.39 is 0 Å². The van der Waals surface area contributed by atoms with Gasteiger partial charge in [-0.2, -0.15) is 0 Å². The molecule has 2 atom stereocenters. The Hall–Kier alpha value is -0.300. The molecular formula is C9H14O. The molecule has 2 unspecified atom stereocenters. The van der Waals surface area contributed by atoms with Crippen molar-refractivity contribution in [2.45, 2.75) is 25.7 Å². The monoisotopic (exact) mass is 138 g/mol. The average Bonchev–Trinajstić information content (AvgIpc) is 2.48. The minimum atomic E-state index is 0.249. The number of allylic oxidation sites excluding steroid dienone is 1. The number of aliphatic hydroxyl groups is 1. The Morgan fingerprint density at radius 3 is 2.90 bits per heavy atom. The fourth-order valence-corrected chi connectivity index (χ4v) is 2.46. The van der Waals surface area contributed by atoms with E-state index in [2.05, 4.69) is 0 Å². The van der Waals surface area contributed by atoms with Crippen molar-refractivity contribution in [1.29, 1.82) is 0 Å². The summed E-state index contributed by atoms with van der Waals surface area (Å²) in [6, 6.07) is 0. The van der Waals surface area contributed by atoms with E-state index in [1.807, 2.05) is 6.08 Å². The highest BCUT2D eigenvalue weighted by molar-refractivity contribution is 5.16. The topological polar surface area (TPSA) is 20.2 Å². The van der Waals surface area contributed by atoms with Gasteiger partial charge in [-0.15, -0.1) is 0 Å². The smallest absolute Gasteiger partial charge is 0.0615 e. The molecule has 0 aromatic heterocycles. The molecule has 2 bridgehead atoms. The van der Waals surface area contributed by atoms with Crippen molar-refractivity contribution >= 4 is 0 Å². The quantitative estimate of drug-likeness (QED) is 0.547. The van der Waals surface area contributed by atoms with Crippen molar-refractivity contribution < 1.29 is 5.11 Å². The second kappa shape index (κ2) is 2.39. The van der Waals surface area contributed by atoms with Gasteiger partial charge in [-0.05, 0) is 37.5 Å². The lowest BCUT2D eigenvalue weighted by atomic mass is 9.95. The van der Waals surface area contributed by atoms with Crippen LogP contribution in [0.1, 0.15) is 25.7 Å². The van der Waals surface area contributed by atoms with Crippen LogP contribution in [-0.4, -0.2) is 11.7 Å². The van der Waals surface area contributed by atoms with Gasteiger partial charge in [0.1, 0.15) is 0 Å². The van der Waals surface area contributed by atoms with Crippen molar-refractivity contribution in [1.82, 2.24) is 0 Å². The van der Waals surface area contributed by atoms with E-state index in [1.54, 1.807) is 5.57 Å². The van der Waals surface area contributed by atoms with Gasteiger partial charge in [-0.1, -0.05) is 11.6 Å². The first-order valence-corrected chi connectivity index (χ1v) is 4.20. The molecule has 0 aromatic carbocycles. The molecule has 0 saturated heterocycles. The second-order valence-electron chi connectivity index (χ2n) is 3.54. The summed E-state index contributed by atoms with van der Waals surface area (Å²) in [5.41, 5.74) is 1.54. The molecule has 2 rings (SSSR count). The molecule has 0 aromatic rings. The predicted molar refractivity (Wildman–Crippen MR) is 40.6 cm³/mol. The van der Waals surface area contributed by atoms with Gasteiger partial charge in [-0.25, -0.2) is 0 Å². The summed E-state index contributed by atoms with van der Waals surface area (Å²) in [7, 11) is 0. The van der Waals surface area contributed by atoms with Crippen LogP contribution in [-0.2, 0) is 0 Å². The molecule has 10 heavy (non-hydrogen) atoms. The van der Waals surface area contributed by atoms with Gasteiger partial charge in [0, 0.05) is 0 Å². The molecule has 0 heterocycles. The lowest BCUT2D eigenvalue weighted by molar-refractivity contribution is 0.340. The summed E-state index contributed by atoms with van der Waals surface area (Å²) < 4.78 is 0. The van der Waals surface area contributed by atoms with Gasteiger partial charge in [-0.3, -0.25) is 0 Å². The highest BCUT2D eigenvalue weighted by atomic mass is 16.2. The van der Waals surface area contributed by atoms with Crippen LogP contribution in [0.5, 0.6) is 0 Å². The van der Waals surface area contributed by atoms with E-state index in [9.17, 15) is 0 Å². The van der Waals surface area contributed by atoms with Crippen LogP contribution in [0.25, 0.3) is 0 Å². The van der Waals surface area contributed by atoms with E-state index in [1.165, 1.54) is 25.7 Å². The van der Waals surface area contributed by atoms with Crippen LogP contribution < -0.4 is 0 Å². The first kappa shape index (κ1) is 6.41. The molecule has 56 valence electrons. The van der Waals surface area contributed by atoms with Gasteiger partial charge in [0.15, 0.2) is 0 Å². The van der Waals surface area contributed by atoms with Crippen LogP contribution in [0, 0.1) is 11.8 Å². The van der Waals surface area contributed by atoms with Gasteiger partial charge in [0.2, 0.25) is 0 Å². The molecule has 1 N–H and O–H groups in total. The summed E-state index contributed by atoms with van der Waals surface area (Å²) in [6.45, 7) is 0.249. The van der Waals surface area contributed by atoms with Crippen molar-refractivity contribution in [3.63, 3.8) is 0 Å². The van der Waals surface area contributed by atoms with E-state index >= 15 is 0 Å². The molecule has 0 spiro atoms. The van der Waals surface area contributed by atoms with E-state index in [4.69, 9.17) is 5.11 Å². The number of hydrogen-bond acceptors (Lipinski definition) is 1. The highest BCUT2D eigenvalue weighted by Gasteiger charge is 2.34. The lowest BCUT2D eigenvalue weighted by Crippen LogP contribution is -1.98. The van der Waals surface area contributed by atoms with Gasteiger partial charge in [0.05, 0.1) is 6.61 Å². The zero-order chi connectivity index (χ0) is 6.97. The average molecular weight is 138 g/mol. The number of aliphatic hydroxyl groups excluding tert-OH is 1. The maximum atomic E-state index is 8.68. The first-order valence-electron chi connectivity index (χ1n) is 4.20. The van der Waals surface area contributed by atoms with Crippen molar-refractivity contribution in [3.8, 4) is 0 Å². The van der Waals surface area contributed by atoms with Crippen LogP contribution in [0.3, 0.4) is 0 Å². The maximum Gasteiger partial charge on any atom is 0.0615 e. The molecule has 0 aliphatic heterocycles. The third-order valence-electron chi connectivity index (χ3n) is 2.94. The molecule has 2 fully saturated rings. The third-order valence-corrected chi connectivity index (χ3v) is 2.94. The molecule has 2 saturated carbocycles. The summed E-state index contributed by atoms with van der Waals surface area (Å²) in [5.74, 6) is 1.83. The fourth-order valence-electron chi connectivity index (χ4n) is 2.46.